The van der Waals surface area contributed by atoms with E-state index in [4.69, 9.17) is 0 Å². The van der Waals surface area contributed by atoms with E-state index in [1.807, 2.05) is 0 Å². The van der Waals surface area contributed by atoms with Crippen molar-refractivity contribution in [2.75, 3.05) is 5.75 Å². The van der Waals surface area contributed by atoms with Crippen LogP contribution in [0.3, 0.4) is 0 Å². The third kappa shape index (κ3) is 5.26. The molecule has 77 valence electrons. The Hall–Kier alpha value is -0.0900. The highest BCUT2D eigenvalue weighted by Crippen LogP contribution is 2.21. The molecule has 0 saturated heterocycles. The van der Waals surface area contributed by atoms with Crippen molar-refractivity contribution in [3.8, 4) is 0 Å². The van der Waals surface area contributed by atoms with Crippen LogP contribution in [0, 0.1) is 0 Å². The fraction of sp³-hybridized carbons (Fsp3) is 1.00. The van der Waals surface area contributed by atoms with E-state index < -0.39 is 10.0 Å². The second kappa shape index (κ2) is 4.96. The summed E-state index contributed by atoms with van der Waals surface area (Å²) in [5.74, 6) is 0.253. The fourth-order valence-electron chi connectivity index (χ4n) is 1.17. The Morgan fingerprint density at radius 2 is 1.92 bits per heavy atom. The van der Waals surface area contributed by atoms with Gasteiger partial charge in [-0.05, 0) is 19.3 Å². The van der Waals surface area contributed by atoms with Crippen LogP contribution in [0.5, 0.6) is 0 Å². The highest BCUT2D eigenvalue weighted by atomic mass is 32.2. The van der Waals surface area contributed by atoms with Gasteiger partial charge in [-0.25, -0.2) is 8.42 Å². The molecule has 0 aliphatic heterocycles. The zero-order valence-corrected chi connectivity index (χ0v) is 9.02. The topological polar surface area (TPSA) is 48.2 Å². The summed E-state index contributed by atoms with van der Waals surface area (Å²) in [5, 5.41) is 0. The number of hydrogen-bond donors (Lipinski definition) is 0. The van der Waals surface area contributed by atoms with E-state index in [1.165, 1.54) is 0 Å². The van der Waals surface area contributed by atoms with Crippen LogP contribution in [0.4, 0.5) is 0 Å². The molecule has 1 radical (unpaired) electrons. The van der Waals surface area contributed by atoms with Gasteiger partial charge >= 0.3 is 0 Å². The van der Waals surface area contributed by atoms with Gasteiger partial charge in [-0.1, -0.05) is 26.2 Å². The molecule has 1 aliphatic rings. The van der Waals surface area contributed by atoms with Gasteiger partial charge in [0.05, 0.1) is 5.75 Å². The Morgan fingerprint density at radius 3 is 2.46 bits per heavy atom. The van der Waals surface area contributed by atoms with Gasteiger partial charge in [0, 0.05) is 6.04 Å². The van der Waals surface area contributed by atoms with Crippen molar-refractivity contribution in [3.05, 3.63) is 0 Å². The van der Waals surface area contributed by atoms with Crippen molar-refractivity contribution in [3.63, 3.8) is 0 Å². The summed E-state index contributed by atoms with van der Waals surface area (Å²) in [6.45, 7) is 2.11. The van der Waals surface area contributed by atoms with E-state index in [1.54, 1.807) is 0 Å². The van der Waals surface area contributed by atoms with Crippen LogP contribution in [0.25, 0.3) is 0 Å². The summed E-state index contributed by atoms with van der Waals surface area (Å²) in [5.41, 5.74) is 0. The van der Waals surface area contributed by atoms with Gasteiger partial charge in [0.2, 0.25) is 10.0 Å². The van der Waals surface area contributed by atoms with Crippen LogP contribution in [0.15, 0.2) is 0 Å². The first-order chi connectivity index (χ1) is 6.14. The smallest absolute Gasteiger partial charge is 0.211 e. The van der Waals surface area contributed by atoms with Gasteiger partial charge in [0.25, 0.3) is 0 Å². The second-order valence-electron chi connectivity index (χ2n) is 3.68. The monoisotopic (exact) mass is 204 g/mol. The third-order valence-electron chi connectivity index (χ3n) is 2.11. The maximum atomic E-state index is 11.3. The lowest BCUT2D eigenvalue weighted by atomic mass is 10.2. The normalized spacial score (nSPS) is 17.6. The van der Waals surface area contributed by atoms with Crippen LogP contribution >= 0.6 is 0 Å². The number of unbranched alkanes of at least 4 members (excludes halogenated alkanes) is 3. The maximum Gasteiger partial charge on any atom is 0.228 e. The molecule has 0 heterocycles. The van der Waals surface area contributed by atoms with Crippen LogP contribution in [0.2, 0.25) is 0 Å². The minimum atomic E-state index is -3.07. The quantitative estimate of drug-likeness (QED) is 0.592. The molecular formula is C9H18NO2S. The van der Waals surface area contributed by atoms with Crippen LogP contribution < -0.4 is 4.72 Å². The zero-order valence-electron chi connectivity index (χ0n) is 8.20. The number of hydrogen-bond acceptors (Lipinski definition) is 2. The Kier molecular flexibility index (Phi) is 4.19. The molecule has 0 bridgehead atoms. The standard InChI is InChI=1S/C9H18NO2S/c1-2-3-4-5-8-13(11,12)10-9-6-7-9/h9H,2-8H2,1H3. The number of nitrogens with zero attached hydrogens (tertiary/aromatic N) is 1. The van der Waals surface area contributed by atoms with E-state index >= 15 is 0 Å². The van der Waals surface area contributed by atoms with Crippen LogP contribution in [-0.4, -0.2) is 20.2 Å². The van der Waals surface area contributed by atoms with E-state index in [0.29, 0.717) is 0 Å². The first-order valence-corrected chi connectivity index (χ1v) is 6.70. The minimum absolute atomic E-state index is 0.135. The summed E-state index contributed by atoms with van der Waals surface area (Å²) < 4.78 is 26.3. The molecule has 1 fully saturated rings. The molecule has 0 unspecified atom stereocenters. The van der Waals surface area contributed by atoms with E-state index in [9.17, 15) is 8.42 Å². The minimum Gasteiger partial charge on any atom is -0.211 e. The summed E-state index contributed by atoms with van der Waals surface area (Å²) in [6.07, 6.45) is 5.98. The molecule has 0 N–H and O–H groups in total. The summed E-state index contributed by atoms with van der Waals surface area (Å²) >= 11 is 0. The Bertz CT molecular complexity index is 232. The molecule has 0 aromatic rings. The van der Waals surface area contributed by atoms with Gasteiger partial charge in [-0.15, -0.1) is 4.72 Å². The Morgan fingerprint density at radius 1 is 1.23 bits per heavy atom. The van der Waals surface area contributed by atoms with Gasteiger partial charge < -0.3 is 0 Å². The molecule has 13 heavy (non-hydrogen) atoms. The largest absolute Gasteiger partial charge is 0.228 e. The van der Waals surface area contributed by atoms with Crippen molar-refractivity contribution in [1.82, 2.24) is 4.72 Å². The summed E-state index contributed by atoms with van der Waals surface area (Å²) in [4.78, 5) is 0. The molecule has 0 aromatic heterocycles. The lowest BCUT2D eigenvalue weighted by Gasteiger charge is -2.01. The molecule has 1 aliphatic carbocycles. The Labute approximate surface area is 81.0 Å². The van der Waals surface area contributed by atoms with Crippen LogP contribution in [-0.2, 0) is 10.0 Å². The highest BCUT2D eigenvalue weighted by molar-refractivity contribution is 7.89. The van der Waals surface area contributed by atoms with Crippen molar-refractivity contribution in [2.45, 2.75) is 51.5 Å². The number of rotatable bonds is 7. The average Bonchev–Trinajstić information content (AvgIpc) is 2.81. The van der Waals surface area contributed by atoms with Gasteiger partial charge in [-0.2, -0.15) is 0 Å². The first-order valence-electron chi connectivity index (χ1n) is 5.09. The lowest BCUT2D eigenvalue weighted by Crippen LogP contribution is -2.21. The van der Waals surface area contributed by atoms with Crippen LogP contribution in [0.1, 0.15) is 45.4 Å². The highest BCUT2D eigenvalue weighted by Gasteiger charge is 2.28. The van der Waals surface area contributed by atoms with Gasteiger partial charge in [-0.3, -0.25) is 0 Å². The molecule has 0 aromatic carbocycles. The zero-order chi connectivity index (χ0) is 9.73. The van der Waals surface area contributed by atoms with E-state index in [2.05, 4.69) is 11.6 Å². The fourth-order valence-corrected chi connectivity index (χ4v) is 2.51. The molecule has 1 saturated carbocycles. The van der Waals surface area contributed by atoms with Gasteiger partial charge in [0.15, 0.2) is 0 Å². The molecule has 1 rings (SSSR count). The molecule has 3 nitrogen and oxygen atoms in total. The third-order valence-corrected chi connectivity index (χ3v) is 3.54. The van der Waals surface area contributed by atoms with Crippen molar-refractivity contribution >= 4 is 10.0 Å². The predicted octanol–water partition coefficient (Wildman–Crippen LogP) is 1.66. The molecule has 0 atom stereocenters. The van der Waals surface area contributed by atoms with Crippen molar-refractivity contribution < 1.29 is 8.42 Å². The molecular weight excluding hydrogens is 186 g/mol. The van der Waals surface area contributed by atoms with E-state index in [-0.39, 0.29) is 11.8 Å². The predicted molar refractivity (Wildman–Crippen MR) is 53.1 cm³/mol. The molecule has 4 heteroatoms. The molecule has 0 spiro atoms. The average molecular weight is 204 g/mol. The van der Waals surface area contributed by atoms with Crippen molar-refractivity contribution in [1.29, 1.82) is 0 Å². The van der Waals surface area contributed by atoms with Crippen molar-refractivity contribution in [2.24, 2.45) is 0 Å². The van der Waals surface area contributed by atoms with E-state index in [0.717, 1.165) is 38.5 Å². The first kappa shape index (κ1) is 11.0. The van der Waals surface area contributed by atoms with Gasteiger partial charge in [0.1, 0.15) is 0 Å². The maximum absolute atomic E-state index is 11.3. The summed E-state index contributed by atoms with van der Waals surface area (Å²) in [6, 6.07) is 0.135. The summed E-state index contributed by atoms with van der Waals surface area (Å²) in [7, 11) is -3.07. The SMILES string of the molecule is CCCCCCS(=O)(=O)[N]C1CC1. The lowest BCUT2D eigenvalue weighted by molar-refractivity contribution is 0.573. The second-order valence-corrected chi connectivity index (χ2v) is 5.47. The number of sulfonamides is 1. The molecule has 0 amide bonds. The Balaban J connectivity index is 2.10.